The van der Waals surface area contributed by atoms with Crippen LogP contribution in [0.3, 0.4) is 0 Å². The molecule has 1 amide bonds. The highest BCUT2D eigenvalue weighted by molar-refractivity contribution is 6.04. The molecule has 0 saturated heterocycles. The van der Waals surface area contributed by atoms with Gasteiger partial charge in [-0.15, -0.1) is 0 Å². The van der Waals surface area contributed by atoms with Gasteiger partial charge < -0.3 is 14.8 Å². The van der Waals surface area contributed by atoms with Gasteiger partial charge in [-0.2, -0.15) is 0 Å². The van der Waals surface area contributed by atoms with Gasteiger partial charge in [0.1, 0.15) is 18.1 Å². The first-order valence-corrected chi connectivity index (χ1v) is 9.41. The molecule has 0 fully saturated rings. The number of benzene rings is 3. The first kappa shape index (κ1) is 19.5. The van der Waals surface area contributed by atoms with Gasteiger partial charge in [-0.3, -0.25) is 4.79 Å². The Morgan fingerprint density at radius 3 is 2.32 bits per heavy atom. The quantitative estimate of drug-likeness (QED) is 0.561. The second-order valence-corrected chi connectivity index (χ2v) is 6.99. The topological polar surface area (TPSA) is 47.6 Å². The fourth-order valence-electron chi connectivity index (χ4n) is 2.57. The molecule has 0 saturated carbocycles. The van der Waals surface area contributed by atoms with Gasteiger partial charge in [-0.25, -0.2) is 0 Å². The lowest BCUT2D eigenvalue weighted by molar-refractivity contribution is 0.102. The molecule has 0 spiro atoms. The minimum Gasteiger partial charge on any atom is -0.493 e. The van der Waals surface area contributed by atoms with Gasteiger partial charge in [0.15, 0.2) is 0 Å². The maximum absolute atomic E-state index is 12.5. The van der Waals surface area contributed by atoms with Gasteiger partial charge in [0.05, 0.1) is 6.61 Å². The summed E-state index contributed by atoms with van der Waals surface area (Å²) < 4.78 is 11.5. The summed E-state index contributed by atoms with van der Waals surface area (Å²) in [4.78, 5) is 12.5. The van der Waals surface area contributed by atoms with Crippen LogP contribution in [0, 0.1) is 5.92 Å². The van der Waals surface area contributed by atoms with Gasteiger partial charge in [-0.1, -0.05) is 50.2 Å². The average molecular weight is 375 g/mol. The third-order valence-corrected chi connectivity index (χ3v) is 4.04. The van der Waals surface area contributed by atoms with Crippen molar-refractivity contribution in [2.75, 3.05) is 11.9 Å². The molecule has 0 aromatic heterocycles. The molecule has 3 aromatic rings. The average Bonchev–Trinajstić information content (AvgIpc) is 2.73. The van der Waals surface area contributed by atoms with Gasteiger partial charge >= 0.3 is 0 Å². The van der Waals surface area contributed by atoms with Gasteiger partial charge in [0.2, 0.25) is 0 Å². The van der Waals surface area contributed by atoms with Crippen molar-refractivity contribution in [3.8, 4) is 11.5 Å². The van der Waals surface area contributed by atoms with Crippen LogP contribution < -0.4 is 14.8 Å². The fourth-order valence-corrected chi connectivity index (χ4v) is 2.57. The van der Waals surface area contributed by atoms with Crippen molar-refractivity contribution < 1.29 is 14.3 Å². The Morgan fingerprint density at radius 2 is 1.61 bits per heavy atom. The molecule has 4 nitrogen and oxygen atoms in total. The normalized spacial score (nSPS) is 10.5. The molecule has 0 unspecified atom stereocenters. The lowest BCUT2D eigenvalue weighted by Crippen LogP contribution is -2.12. The van der Waals surface area contributed by atoms with E-state index in [2.05, 4.69) is 19.2 Å². The maximum Gasteiger partial charge on any atom is 0.255 e. The highest BCUT2D eigenvalue weighted by Gasteiger charge is 2.08. The van der Waals surface area contributed by atoms with Crippen molar-refractivity contribution in [2.45, 2.75) is 20.5 Å². The molecule has 3 rings (SSSR count). The van der Waals surface area contributed by atoms with Gasteiger partial charge in [-0.05, 0) is 53.9 Å². The third kappa shape index (κ3) is 5.88. The number of carbonyl (C=O) groups excluding carboxylic acids is 1. The van der Waals surface area contributed by atoms with Crippen LogP contribution in [0.2, 0.25) is 0 Å². The van der Waals surface area contributed by atoms with E-state index in [9.17, 15) is 4.79 Å². The summed E-state index contributed by atoms with van der Waals surface area (Å²) in [7, 11) is 0. The van der Waals surface area contributed by atoms with Crippen molar-refractivity contribution in [2.24, 2.45) is 5.92 Å². The van der Waals surface area contributed by atoms with E-state index in [0.29, 0.717) is 36.1 Å². The zero-order valence-electron chi connectivity index (χ0n) is 16.2. The molecule has 3 aromatic carbocycles. The van der Waals surface area contributed by atoms with E-state index in [1.54, 1.807) is 12.1 Å². The van der Waals surface area contributed by atoms with Crippen LogP contribution in [0.4, 0.5) is 5.69 Å². The van der Waals surface area contributed by atoms with Crippen LogP contribution in [-0.4, -0.2) is 12.5 Å². The number of nitrogens with one attached hydrogen (secondary N) is 1. The number of carbonyl (C=O) groups is 1. The maximum atomic E-state index is 12.5. The second-order valence-electron chi connectivity index (χ2n) is 6.99. The number of ether oxygens (including phenoxy) is 2. The van der Waals surface area contributed by atoms with E-state index >= 15 is 0 Å². The van der Waals surface area contributed by atoms with Crippen LogP contribution >= 0.6 is 0 Å². The lowest BCUT2D eigenvalue weighted by Gasteiger charge is -2.11. The molecule has 0 aliphatic heterocycles. The summed E-state index contributed by atoms with van der Waals surface area (Å²) in [5.41, 5.74) is 2.38. The van der Waals surface area contributed by atoms with Crippen LogP contribution in [0.5, 0.6) is 11.5 Å². The largest absolute Gasteiger partial charge is 0.493 e. The number of anilines is 1. The van der Waals surface area contributed by atoms with Crippen molar-refractivity contribution in [3.05, 3.63) is 90.0 Å². The summed E-state index contributed by atoms with van der Waals surface area (Å²) >= 11 is 0. The summed E-state index contributed by atoms with van der Waals surface area (Å²) in [5.74, 6) is 1.71. The number of rotatable bonds is 8. The summed E-state index contributed by atoms with van der Waals surface area (Å²) in [6, 6.07) is 24.6. The Bertz CT molecular complexity index is 889. The van der Waals surface area contributed by atoms with E-state index in [1.807, 2.05) is 66.7 Å². The van der Waals surface area contributed by atoms with E-state index in [-0.39, 0.29) is 5.91 Å². The number of hydrogen-bond acceptors (Lipinski definition) is 3. The predicted molar refractivity (Wildman–Crippen MR) is 112 cm³/mol. The Kier molecular flexibility index (Phi) is 6.68. The number of hydrogen-bond donors (Lipinski definition) is 1. The van der Waals surface area contributed by atoms with Crippen LogP contribution in [-0.2, 0) is 6.61 Å². The second kappa shape index (κ2) is 9.60. The van der Waals surface area contributed by atoms with E-state index in [1.165, 1.54) is 0 Å². The Balaban J connectivity index is 1.56. The third-order valence-electron chi connectivity index (χ3n) is 4.04. The molecular formula is C24H25NO3. The monoisotopic (exact) mass is 375 g/mol. The molecule has 4 heteroatoms. The fraction of sp³-hybridized carbons (Fsp3) is 0.208. The molecule has 0 aliphatic rings. The van der Waals surface area contributed by atoms with Crippen molar-refractivity contribution in [3.63, 3.8) is 0 Å². The number of amides is 1. The van der Waals surface area contributed by atoms with Gasteiger partial charge in [0.25, 0.3) is 5.91 Å². The molecule has 28 heavy (non-hydrogen) atoms. The van der Waals surface area contributed by atoms with Crippen molar-refractivity contribution >= 4 is 11.6 Å². The Morgan fingerprint density at radius 1 is 0.857 bits per heavy atom. The molecule has 144 valence electrons. The van der Waals surface area contributed by atoms with Crippen molar-refractivity contribution in [1.82, 2.24) is 0 Å². The Hall–Kier alpha value is -3.27. The molecule has 0 heterocycles. The smallest absolute Gasteiger partial charge is 0.255 e. The minimum atomic E-state index is -0.173. The van der Waals surface area contributed by atoms with E-state index in [0.717, 1.165) is 11.3 Å². The zero-order valence-corrected chi connectivity index (χ0v) is 16.2. The molecule has 0 radical (unpaired) electrons. The van der Waals surface area contributed by atoms with Crippen molar-refractivity contribution in [1.29, 1.82) is 0 Å². The summed E-state index contributed by atoms with van der Waals surface area (Å²) in [6.07, 6.45) is 0. The first-order valence-electron chi connectivity index (χ1n) is 9.41. The minimum absolute atomic E-state index is 0.173. The lowest BCUT2D eigenvalue weighted by atomic mass is 10.2. The standard InChI is InChI=1S/C24H25NO3/c1-18(2)16-27-23-10-6-9-20(15-23)24(26)25-21-11-13-22(14-12-21)28-17-19-7-4-3-5-8-19/h3-15,18H,16-17H2,1-2H3,(H,25,26). The highest BCUT2D eigenvalue weighted by Crippen LogP contribution is 2.19. The first-order chi connectivity index (χ1) is 13.6. The van der Waals surface area contributed by atoms with Crippen LogP contribution in [0.25, 0.3) is 0 Å². The molecular weight excluding hydrogens is 350 g/mol. The zero-order chi connectivity index (χ0) is 19.8. The molecule has 0 bridgehead atoms. The van der Waals surface area contributed by atoms with Crippen LogP contribution in [0.15, 0.2) is 78.9 Å². The van der Waals surface area contributed by atoms with Gasteiger partial charge in [0, 0.05) is 11.3 Å². The molecule has 0 aliphatic carbocycles. The summed E-state index contributed by atoms with van der Waals surface area (Å²) in [6.45, 7) is 5.30. The summed E-state index contributed by atoms with van der Waals surface area (Å²) in [5, 5.41) is 2.90. The van der Waals surface area contributed by atoms with Crippen LogP contribution in [0.1, 0.15) is 29.8 Å². The molecule has 0 atom stereocenters. The van der Waals surface area contributed by atoms with E-state index < -0.39 is 0 Å². The SMILES string of the molecule is CC(C)COc1cccc(C(=O)Nc2ccc(OCc3ccccc3)cc2)c1. The highest BCUT2D eigenvalue weighted by atomic mass is 16.5. The predicted octanol–water partition coefficient (Wildman–Crippen LogP) is 5.55. The Labute approximate surface area is 166 Å². The molecule has 1 N–H and O–H groups in total. The van der Waals surface area contributed by atoms with E-state index in [4.69, 9.17) is 9.47 Å².